The van der Waals surface area contributed by atoms with Crippen LogP contribution in [0.15, 0.2) is 36.4 Å². The molecule has 158 valence electrons. The van der Waals surface area contributed by atoms with E-state index in [1.807, 2.05) is 20.8 Å². The van der Waals surface area contributed by atoms with E-state index in [2.05, 4.69) is 10.0 Å². The average Bonchev–Trinajstić information content (AvgIpc) is 2.63. The molecule has 0 aromatic heterocycles. The van der Waals surface area contributed by atoms with Gasteiger partial charge in [0.05, 0.1) is 31.8 Å². The number of sulfonamides is 1. The van der Waals surface area contributed by atoms with E-state index < -0.39 is 15.9 Å². The van der Waals surface area contributed by atoms with Crippen molar-refractivity contribution in [3.8, 4) is 17.2 Å². The van der Waals surface area contributed by atoms with Gasteiger partial charge < -0.3 is 19.5 Å². The third-order valence-electron chi connectivity index (χ3n) is 3.60. The Morgan fingerprint density at radius 2 is 1.45 bits per heavy atom. The van der Waals surface area contributed by atoms with Crippen LogP contribution >= 0.6 is 0 Å². The van der Waals surface area contributed by atoms with Crippen LogP contribution < -0.4 is 24.2 Å². The standard InChI is InChI=1S/C20H26N2O6S/c1-5-26-17-11-14(12-18(27-6-2)19(17)28-7-3)20(23)21-15-9-8-10-16(13-15)22-29(4,24)25/h8-13,22H,5-7H2,1-4H3,(H,21,23). The predicted molar refractivity (Wildman–Crippen MR) is 113 cm³/mol. The van der Waals surface area contributed by atoms with Gasteiger partial charge in [-0.25, -0.2) is 8.42 Å². The van der Waals surface area contributed by atoms with Crippen molar-refractivity contribution in [3.63, 3.8) is 0 Å². The van der Waals surface area contributed by atoms with E-state index in [1.165, 1.54) is 6.07 Å². The van der Waals surface area contributed by atoms with Crippen LogP contribution in [0.3, 0.4) is 0 Å². The highest BCUT2D eigenvalue weighted by atomic mass is 32.2. The number of ether oxygens (including phenoxy) is 3. The first-order chi connectivity index (χ1) is 13.8. The number of amides is 1. The van der Waals surface area contributed by atoms with Crippen molar-refractivity contribution < 1.29 is 27.4 Å². The zero-order chi connectivity index (χ0) is 21.4. The molecule has 0 saturated heterocycles. The monoisotopic (exact) mass is 422 g/mol. The van der Waals surface area contributed by atoms with E-state index in [-0.39, 0.29) is 0 Å². The second-order valence-corrected chi connectivity index (χ2v) is 7.76. The molecule has 0 saturated carbocycles. The van der Waals surface area contributed by atoms with Crippen LogP contribution in [0.2, 0.25) is 0 Å². The maximum atomic E-state index is 12.8. The molecule has 2 aromatic rings. The predicted octanol–water partition coefficient (Wildman–Crippen LogP) is 3.51. The van der Waals surface area contributed by atoms with Gasteiger partial charge in [0.2, 0.25) is 15.8 Å². The molecule has 0 radical (unpaired) electrons. The molecule has 0 atom stereocenters. The van der Waals surface area contributed by atoms with E-state index in [9.17, 15) is 13.2 Å². The highest BCUT2D eigenvalue weighted by molar-refractivity contribution is 7.92. The summed E-state index contributed by atoms with van der Waals surface area (Å²) in [6.45, 7) is 6.74. The number of rotatable bonds is 10. The second kappa shape index (κ2) is 10.0. The molecular formula is C20H26N2O6S. The Kier molecular flexibility index (Phi) is 7.72. The summed E-state index contributed by atoms with van der Waals surface area (Å²) in [7, 11) is -3.42. The molecule has 1 amide bonds. The fourth-order valence-electron chi connectivity index (χ4n) is 2.60. The molecule has 2 N–H and O–H groups in total. The highest BCUT2D eigenvalue weighted by Crippen LogP contribution is 2.39. The molecule has 0 fully saturated rings. The normalized spacial score (nSPS) is 10.9. The lowest BCUT2D eigenvalue weighted by molar-refractivity contribution is 0.102. The van der Waals surface area contributed by atoms with Crippen LogP contribution in [0.25, 0.3) is 0 Å². The van der Waals surface area contributed by atoms with Gasteiger partial charge in [-0.3, -0.25) is 9.52 Å². The molecular weight excluding hydrogens is 396 g/mol. The maximum absolute atomic E-state index is 12.8. The first-order valence-corrected chi connectivity index (χ1v) is 11.1. The SMILES string of the molecule is CCOc1cc(C(=O)Nc2cccc(NS(C)(=O)=O)c2)cc(OCC)c1OCC. The molecule has 0 bridgehead atoms. The van der Waals surface area contributed by atoms with E-state index in [1.54, 1.807) is 30.3 Å². The van der Waals surface area contributed by atoms with Gasteiger partial charge in [0.25, 0.3) is 5.91 Å². The summed E-state index contributed by atoms with van der Waals surface area (Å²) in [6.07, 6.45) is 1.06. The lowest BCUT2D eigenvalue weighted by atomic mass is 10.1. The van der Waals surface area contributed by atoms with E-state index in [0.717, 1.165) is 6.26 Å². The van der Waals surface area contributed by atoms with Crippen molar-refractivity contribution in [2.45, 2.75) is 20.8 Å². The fraction of sp³-hybridized carbons (Fsp3) is 0.350. The molecule has 8 nitrogen and oxygen atoms in total. The first kappa shape index (κ1) is 22.4. The minimum atomic E-state index is -3.42. The van der Waals surface area contributed by atoms with Gasteiger partial charge in [-0.1, -0.05) is 6.07 Å². The summed E-state index contributed by atoms with van der Waals surface area (Å²) in [5.41, 5.74) is 1.11. The van der Waals surface area contributed by atoms with Gasteiger partial charge in [-0.15, -0.1) is 0 Å². The molecule has 0 heterocycles. The fourth-order valence-corrected chi connectivity index (χ4v) is 3.15. The van der Waals surface area contributed by atoms with Crippen molar-refractivity contribution in [2.75, 3.05) is 36.1 Å². The van der Waals surface area contributed by atoms with Gasteiger partial charge in [-0.05, 0) is 51.1 Å². The van der Waals surface area contributed by atoms with E-state index >= 15 is 0 Å². The third kappa shape index (κ3) is 6.56. The Labute approximate surface area is 171 Å². The van der Waals surface area contributed by atoms with Crippen LogP contribution in [-0.2, 0) is 10.0 Å². The van der Waals surface area contributed by atoms with Crippen molar-refractivity contribution in [2.24, 2.45) is 0 Å². The molecule has 29 heavy (non-hydrogen) atoms. The van der Waals surface area contributed by atoms with E-state index in [0.29, 0.717) is 54.0 Å². The molecule has 2 aromatic carbocycles. The maximum Gasteiger partial charge on any atom is 0.255 e. The minimum absolute atomic E-state index is 0.321. The minimum Gasteiger partial charge on any atom is -0.490 e. The summed E-state index contributed by atoms with van der Waals surface area (Å²) in [5.74, 6) is 0.884. The highest BCUT2D eigenvalue weighted by Gasteiger charge is 2.18. The zero-order valence-electron chi connectivity index (χ0n) is 16.9. The van der Waals surface area contributed by atoms with Gasteiger partial charge in [0, 0.05) is 11.3 Å². The molecule has 0 aliphatic heterocycles. The van der Waals surface area contributed by atoms with Crippen LogP contribution in [0.1, 0.15) is 31.1 Å². The Morgan fingerprint density at radius 3 is 1.97 bits per heavy atom. The largest absolute Gasteiger partial charge is 0.490 e. The van der Waals surface area contributed by atoms with Crippen molar-refractivity contribution in [1.29, 1.82) is 0 Å². The first-order valence-electron chi connectivity index (χ1n) is 9.23. The van der Waals surface area contributed by atoms with Gasteiger partial charge in [0.1, 0.15) is 0 Å². The Morgan fingerprint density at radius 1 is 0.897 bits per heavy atom. The molecule has 0 aliphatic rings. The topological polar surface area (TPSA) is 103 Å². The summed E-state index contributed by atoms with van der Waals surface area (Å²) in [6, 6.07) is 9.59. The summed E-state index contributed by atoms with van der Waals surface area (Å²) in [5, 5.41) is 2.75. The van der Waals surface area contributed by atoms with Crippen LogP contribution in [-0.4, -0.2) is 40.4 Å². The van der Waals surface area contributed by atoms with Crippen molar-refractivity contribution in [3.05, 3.63) is 42.0 Å². The molecule has 0 spiro atoms. The second-order valence-electron chi connectivity index (χ2n) is 6.01. The number of hydrogen-bond donors (Lipinski definition) is 2. The van der Waals surface area contributed by atoms with E-state index in [4.69, 9.17) is 14.2 Å². The number of hydrogen-bond acceptors (Lipinski definition) is 6. The van der Waals surface area contributed by atoms with Gasteiger partial charge in [-0.2, -0.15) is 0 Å². The summed E-state index contributed by atoms with van der Waals surface area (Å²) >= 11 is 0. The molecule has 0 unspecified atom stereocenters. The summed E-state index contributed by atoms with van der Waals surface area (Å²) < 4.78 is 42.1. The van der Waals surface area contributed by atoms with Crippen LogP contribution in [0.5, 0.6) is 17.2 Å². The van der Waals surface area contributed by atoms with Gasteiger partial charge in [0.15, 0.2) is 11.5 Å². The van der Waals surface area contributed by atoms with Crippen molar-refractivity contribution >= 4 is 27.3 Å². The lowest BCUT2D eigenvalue weighted by Crippen LogP contribution is -2.14. The number of nitrogens with one attached hydrogen (secondary N) is 2. The third-order valence-corrected chi connectivity index (χ3v) is 4.20. The van der Waals surface area contributed by atoms with Crippen LogP contribution in [0, 0.1) is 0 Å². The van der Waals surface area contributed by atoms with Crippen LogP contribution in [0.4, 0.5) is 11.4 Å². The van der Waals surface area contributed by atoms with Crippen molar-refractivity contribution in [1.82, 2.24) is 0 Å². The molecule has 0 aliphatic carbocycles. The summed E-state index contributed by atoms with van der Waals surface area (Å²) in [4.78, 5) is 12.8. The number of benzene rings is 2. The Hall–Kier alpha value is -2.94. The Balaban J connectivity index is 2.33. The lowest BCUT2D eigenvalue weighted by Gasteiger charge is -2.17. The number of anilines is 2. The number of carbonyl (C=O) groups excluding carboxylic acids is 1. The molecule has 9 heteroatoms. The zero-order valence-corrected chi connectivity index (χ0v) is 17.8. The smallest absolute Gasteiger partial charge is 0.255 e. The quantitative estimate of drug-likeness (QED) is 0.607. The average molecular weight is 423 g/mol. The Bertz CT molecular complexity index is 932. The van der Waals surface area contributed by atoms with Gasteiger partial charge >= 0.3 is 0 Å². The number of carbonyl (C=O) groups is 1. The molecule has 2 rings (SSSR count).